The van der Waals surface area contributed by atoms with Crippen molar-refractivity contribution in [2.24, 2.45) is 0 Å². The van der Waals surface area contributed by atoms with Gasteiger partial charge in [0.1, 0.15) is 30.5 Å². The molecular formula is C36H39O9P. The van der Waals surface area contributed by atoms with E-state index in [0.717, 1.165) is 22.3 Å². The molecule has 4 aromatic carbocycles. The van der Waals surface area contributed by atoms with Gasteiger partial charge in [-0.2, -0.15) is 0 Å². The molecular weight excluding hydrogens is 607 g/mol. The third-order valence-corrected chi connectivity index (χ3v) is 9.25. The van der Waals surface area contributed by atoms with E-state index in [1.54, 1.807) is 7.11 Å². The molecule has 2 aliphatic heterocycles. The number of methoxy groups -OCH3 is 1. The van der Waals surface area contributed by atoms with E-state index in [4.69, 9.17) is 37.3 Å². The molecule has 6 rings (SSSR count). The first-order valence-corrected chi connectivity index (χ1v) is 16.8. The van der Waals surface area contributed by atoms with E-state index in [0.29, 0.717) is 13.2 Å². The minimum Gasteiger partial charge on any atom is -0.368 e. The van der Waals surface area contributed by atoms with Gasteiger partial charge in [-0.25, -0.2) is 4.57 Å². The lowest BCUT2D eigenvalue weighted by Crippen LogP contribution is -2.56. The van der Waals surface area contributed by atoms with E-state index < -0.39 is 44.6 Å². The van der Waals surface area contributed by atoms with Crippen LogP contribution in [0.25, 0.3) is 0 Å². The first-order chi connectivity index (χ1) is 22.6. The molecule has 0 N–H and O–H groups in total. The molecule has 46 heavy (non-hydrogen) atoms. The summed E-state index contributed by atoms with van der Waals surface area (Å²) in [4.78, 5) is 0. The van der Waals surface area contributed by atoms with Crippen molar-refractivity contribution in [1.82, 2.24) is 0 Å². The normalized spacial score (nSPS) is 24.2. The van der Waals surface area contributed by atoms with Gasteiger partial charge in [0.25, 0.3) is 0 Å². The van der Waals surface area contributed by atoms with Gasteiger partial charge in [0.05, 0.1) is 33.0 Å². The number of hydrogen-bond acceptors (Lipinski definition) is 9. The lowest BCUT2D eigenvalue weighted by molar-refractivity contribution is -0.275. The number of fused-ring (bicyclic) bond motifs is 2. The topological polar surface area (TPSA) is 90.9 Å². The summed E-state index contributed by atoms with van der Waals surface area (Å²) < 4.78 is 63.1. The monoisotopic (exact) mass is 646 g/mol. The van der Waals surface area contributed by atoms with Gasteiger partial charge in [0.15, 0.2) is 6.29 Å². The van der Waals surface area contributed by atoms with Crippen molar-refractivity contribution in [3.63, 3.8) is 0 Å². The number of rotatable bonds is 16. The highest BCUT2D eigenvalue weighted by atomic mass is 31.2. The Morgan fingerprint density at radius 2 is 0.978 bits per heavy atom. The minimum absolute atomic E-state index is 0.0466. The second-order valence-electron chi connectivity index (χ2n) is 11.1. The number of benzene rings is 4. The second-order valence-corrected chi connectivity index (χ2v) is 12.8. The Balaban J connectivity index is 1.18. The maximum Gasteiger partial charge on any atom is 0.475 e. The fourth-order valence-corrected chi connectivity index (χ4v) is 6.69. The molecule has 2 fully saturated rings. The third-order valence-electron chi connectivity index (χ3n) is 7.89. The fourth-order valence-electron chi connectivity index (χ4n) is 5.52. The summed E-state index contributed by atoms with van der Waals surface area (Å²) in [5.41, 5.74) is 3.69. The number of ether oxygens (including phenoxy) is 5. The standard InChI is InChI=1S/C36H39O9P/c1-38-36-35(40-23-28-16-8-3-9-17-28)34-33(39-22-27-14-6-2-7-15-27)32(45-36)31(44-34)26-43-46(37,41-24-29-18-10-4-11-19-29)42-25-30-20-12-5-13-21-30/h2-21,31-36H,22-26H2,1H3/t31-,32+,33+,34-,35-,36-/m0/s1. The number of phosphoric ester groups is 1. The summed E-state index contributed by atoms with van der Waals surface area (Å²) in [5.74, 6) is 0. The highest BCUT2D eigenvalue weighted by molar-refractivity contribution is 7.48. The van der Waals surface area contributed by atoms with Crippen LogP contribution in [0.15, 0.2) is 121 Å². The SMILES string of the molecule is CO[C@H]1O[C@H]2[C@@H](OCc3ccccc3)[C@H](O[C@H]2COP(=O)(OCc2ccccc2)OCc2ccccc2)[C@@H]1OCc1ccccc1. The summed E-state index contributed by atoms with van der Waals surface area (Å²) in [5, 5.41) is 0. The van der Waals surface area contributed by atoms with Crippen LogP contribution >= 0.6 is 7.82 Å². The fraction of sp³-hybridized carbons (Fsp3) is 0.333. The Bertz CT molecular complexity index is 1460. The quantitative estimate of drug-likeness (QED) is 0.121. The second kappa shape index (κ2) is 16.1. The Labute approximate surface area is 269 Å². The van der Waals surface area contributed by atoms with Crippen LogP contribution in [-0.2, 0) is 68.2 Å². The highest BCUT2D eigenvalue weighted by Crippen LogP contribution is 2.52. The van der Waals surface area contributed by atoms with Crippen molar-refractivity contribution < 1.29 is 41.8 Å². The van der Waals surface area contributed by atoms with Crippen LogP contribution in [0.5, 0.6) is 0 Å². The molecule has 0 saturated carbocycles. The Hall–Kier alpha value is -3.21. The molecule has 2 bridgehead atoms. The molecule has 0 spiro atoms. The van der Waals surface area contributed by atoms with E-state index in [-0.39, 0.29) is 19.8 Å². The first kappa shape index (κ1) is 32.7. The van der Waals surface area contributed by atoms with Crippen molar-refractivity contribution in [3.05, 3.63) is 144 Å². The van der Waals surface area contributed by atoms with Gasteiger partial charge in [0.2, 0.25) is 0 Å². The Kier molecular flexibility index (Phi) is 11.4. The van der Waals surface area contributed by atoms with Crippen LogP contribution in [0.4, 0.5) is 0 Å². The molecule has 9 nitrogen and oxygen atoms in total. The van der Waals surface area contributed by atoms with Gasteiger partial charge < -0.3 is 23.7 Å². The average molecular weight is 647 g/mol. The van der Waals surface area contributed by atoms with Gasteiger partial charge in [-0.3, -0.25) is 13.6 Å². The van der Waals surface area contributed by atoms with Crippen LogP contribution in [0.1, 0.15) is 22.3 Å². The van der Waals surface area contributed by atoms with E-state index >= 15 is 0 Å². The molecule has 0 amide bonds. The zero-order chi connectivity index (χ0) is 31.6. The van der Waals surface area contributed by atoms with Gasteiger partial charge in [-0.05, 0) is 22.3 Å². The van der Waals surface area contributed by atoms with Crippen LogP contribution in [0.2, 0.25) is 0 Å². The summed E-state index contributed by atoms with van der Waals surface area (Å²) >= 11 is 0. The predicted octanol–water partition coefficient (Wildman–Crippen LogP) is 6.85. The molecule has 0 aliphatic carbocycles. The van der Waals surface area contributed by atoms with Crippen LogP contribution < -0.4 is 0 Å². The largest absolute Gasteiger partial charge is 0.475 e. The lowest BCUT2D eigenvalue weighted by atomic mass is 9.99. The van der Waals surface area contributed by atoms with Gasteiger partial charge >= 0.3 is 7.82 Å². The van der Waals surface area contributed by atoms with E-state index in [9.17, 15) is 4.57 Å². The summed E-state index contributed by atoms with van der Waals surface area (Å²) in [7, 11) is -2.48. The molecule has 0 unspecified atom stereocenters. The maximum absolute atomic E-state index is 14.0. The van der Waals surface area contributed by atoms with Crippen molar-refractivity contribution in [2.75, 3.05) is 13.7 Å². The van der Waals surface area contributed by atoms with Crippen molar-refractivity contribution in [3.8, 4) is 0 Å². The van der Waals surface area contributed by atoms with Crippen molar-refractivity contribution >= 4 is 7.82 Å². The van der Waals surface area contributed by atoms with Crippen LogP contribution in [0, 0.1) is 0 Å². The number of phosphoric acid groups is 1. The molecule has 0 aromatic heterocycles. The van der Waals surface area contributed by atoms with Gasteiger partial charge in [0, 0.05) is 7.11 Å². The molecule has 2 heterocycles. The van der Waals surface area contributed by atoms with E-state index in [1.165, 1.54) is 0 Å². The summed E-state index contributed by atoms with van der Waals surface area (Å²) in [6.45, 7) is 0.646. The highest BCUT2D eigenvalue weighted by Gasteiger charge is 2.58. The predicted molar refractivity (Wildman–Crippen MR) is 170 cm³/mol. The molecule has 0 radical (unpaired) electrons. The summed E-state index contributed by atoms with van der Waals surface area (Å²) in [6, 6.07) is 38.6. The van der Waals surface area contributed by atoms with Gasteiger partial charge in [-0.15, -0.1) is 0 Å². The maximum atomic E-state index is 14.0. The number of hydrogen-bond donors (Lipinski definition) is 0. The third kappa shape index (κ3) is 8.57. The molecule has 2 saturated heterocycles. The van der Waals surface area contributed by atoms with Gasteiger partial charge in [-0.1, -0.05) is 121 Å². The average Bonchev–Trinajstić information content (AvgIpc) is 3.37. The summed E-state index contributed by atoms with van der Waals surface area (Å²) in [6.07, 6.45) is -3.61. The van der Waals surface area contributed by atoms with E-state index in [2.05, 4.69) is 0 Å². The van der Waals surface area contributed by atoms with E-state index in [1.807, 2.05) is 121 Å². The molecule has 2 aliphatic rings. The molecule has 10 heteroatoms. The Morgan fingerprint density at radius 1 is 0.543 bits per heavy atom. The lowest BCUT2D eigenvalue weighted by Gasteiger charge is -2.39. The zero-order valence-corrected chi connectivity index (χ0v) is 26.6. The van der Waals surface area contributed by atoms with Crippen molar-refractivity contribution in [2.45, 2.75) is 63.2 Å². The first-order valence-electron chi connectivity index (χ1n) is 15.4. The van der Waals surface area contributed by atoms with Crippen LogP contribution in [0.3, 0.4) is 0 Å². The zero-order valence-electron chi connectivity index (χ0n) is 25.7. The Morgan fingerprint density at radius 3 is 1.43 bits per heavy atom. The minimum atomic E-state index is -4.05. The molecule has 242 valence electrons. The van der Waals surface area contributed by atoms with Crippen LogP contribution in [-0.4, -0.2) is 50.5 Å². The van der Waals surface area contributed by atoms with Crippen molar-refractivity contribution in [1.29, 1.82) is 0 Å². The smallest absolute Gasteiger partial charge is 0.368 e. The molecule has 6 atom stereocenters. The molecule has 4 aromatic rings.